The Morgan fingerprint density at radius 1 is 1.23 bits per heavy atom. The van der Waals surface area contributed by atoms with Crippen molar-refractivity contribution in [3.8, 4) is 0 Å². The summed E-state index contributed by atoms with van der Waals surface area (Å²) in [5, 5.41) is 11.3. The molecule has 0 saturated carbocycles. The Bertz CT molecular complexity index is 834. The molecule has 0 radical (unpaired) electrons. The van der Waals surface area contributed by atoms with Gasteiger partial charge in [-0.1, -0.05) is 28.4 Å². The van der Waals surface area contributed by atoms with Crippen LogP contribution in [-0.4, -0.2) is 63.4 Å². The Labute approximate surface area is 185 Å². The van der Waals surface area contributed by atoms with Gasteiger partial charge in [0.25, 0.3) is 0 Å². The second-order valence-electron chi connectivity index (χ2n) is 7.37. The summed E-state index contributed by atoms with van der Waals surface area (Å²) in [6.45, 7) is 1.22. The minimum atomic E-state index is -0.369. The number of likely N-dealkylation sites (tertiary alicyclic amines) is 1. The Balaban J connectivity index is 1.38. The van der Waals surface area contributed by atoms with E-state index in [0.717, 1.165) is 36.9 Å². The zero-order valence-electron chi connectivity index (χ0n) is 16.8. The smallest absolute Gasteiger partial charge is 0.410 e. The summed E-state index contributed by atoms with van der Waals surface area (Å²) >= 11 is 11.9. The van der Waals surface area contributed by atoms with E-state index in [0.29, 0.717) is 29.6 Å². The summed E-state index contributed by atoms with van der Waals surface area (Å²) < 4.78 is 5.38. The average Bonchev–Trinajstić information content (AvgIpc) is 3.24. The van der Waals surface area contributed by atoms with Gasteiger partial charge in [-0.05, 0) is 49.4 Å². The van der Waals surface area contributed by atoms with Gasteiger partial charge in [-0.25, -0.2) is 4.79 Å². The molecule has 8 nitrogen and oxygen atoms in total. The molecule has 2 amide bonds. The number of aryl methyl sites for hydroxylation is 1. The van der Waals surface area contributed by atoms with Crippen molar-refractivity contribution in [2.75, 3.05) is 20.1 Å². The number of H-pyrrole nitrogens is 1. The number of hydrogen-bond donors (Lipinski definition) is 1. The number of aromatic amines is 1. The van der Waals surface area contributed by atoms with E-state index in [2.05, 4.69) is 15.4 Å². The number of nitrogens with one attached hydrogen (secondary N) is 1. The van der Waals surface area contributed by atoms with Crippen molar-refractivity contribution in [2.24, 2.45) is 0 Å². The number of rotatable bonds is 7. The fraction of sp³-hybridized carbons (Fsp3) is 0.500. The number of ether oxygens (including phenoxy) is 1. The summed E-state index contributed by atoms with van der Waals surface area (Å²) in [5.74, 6) is 0.109. The van der Waals surface area contributed by atoms with Crippen LogP contribution in [0, 0.1) is 0 Å². The van der Waals surface area contributed by atoms with E-state index in [4.69, 9.17) is 27.9 Å². The van der Waals surface area contributed by atoms with Crippen LogP contribution in [0.25, 0.3) is 0 Å². The van der Waals surface area contributed by atoms with Crippen LogP contribution in [0.4, 0.5) is 4.79 Å². The van der Waals surface area contributed by atoms with Crippen LogP contribution in [0.2, 0.25) is 10.0 Å². The highest BCUT2D eigenvalue weighted by atomic mass is 35.5. The molecule has 30 heavy (non-hydrogen) atoms. The lowest BCUT2D eigenvalue weighted by Crippen LogP contribution is -2.47. The van der Waals surface area contributed by atoms with Crippen LogP contribution in [0.5, 0.6) is 0 Å². The van der Waals surface area contributed by atoms with Crippen molar-refractivity contribution < 1.29 is 14.3 Å². The van der Waals surface area contributed by atoms with Gasteiger partial charge >= 0.3 is 6.09 Å². The Morgan fingerprint density at radius 3 is 2.57 bits per heavy atom. The standard InChI is InChI=1S/C20H25Cl2N5O3/c1-26(19(28)4-2-3-17-12-23-25-24-17)18-5-7-27(8-6-18)20(29)30-13-14-9-15(21)11-16(22)10-14/h9-12,18H,2-8,13H2,1H3,(H,23,24,25). The Kier molecular flexibility index (Phi) is 7.93. The Morgan fingerprint density at radius 2 is 1.93 bits per heavy atom. The van der Waals surface area contributed by atoms with Gasteiger partial charge < -0.3 is 14.5 Å². The minimum absolute atomic E-state index is 0.109. The van der Waals surface area contributed by atoms with Crippen molar-refractivity contribution >= 4 is 35.2 Å². The first-order valence-electron chi connectivity index (χ1n) is 9.90. The van der Waals surface area contributed by atoms with Gasteiger partial charge in [0, 0.05) is 48.8 Å². The molecule has 1 saturated heterocycles. The van der Waals surface area contributed by atoms with Gasteiger partial charge in [0.1, 0.15) is 6.61 Å². The van der Waals surface area contributed by atoms with Crippen LogP contribution < -0.4 is 0 Å². The van der Waals surface area contributed by atoms with Gasteiger partial charge in [-0.3, -0.25) is 9.89 Å². The lowest BCUT2D eigenvalue weighted by atomic mass is 10.0. The predicted octanol–water partition coefficient (Wildman–Crippen LogP) is 3.69. The molecule has 0 bridgehead atoms. The second kappa shape index (κ2) is 10.6. The number of piperidine rings is 1. The topological polar surface area (TPSA) is 91.4 Å². The normalized spacial score (nSPS) is 14.6. The summed E-state index contributed by atoms with van der Waals surface area (Å²) in [7, 11) is 1.83. The van der Waals surface area contributed by atoms with Crippen molar-refractivity contribution in [1.82, 2.24) is 25.2 Å². The highest BCUT2D eigenvalue weighted by Gasteiger charge is 2.28. The molecule has 2 aromatic rings. The number of hydrogen-bond acceptors (Lipinski definition) is 5. The van der Waals surface area contributed by atoms with Crippen LogP contribution in [0.3, 0.4) is 0 Å². The highest BCUT2D eigenvalue weighted by molar-refractivity contribution is 6.34. The van der Waals surface area contributed by atoms with Gasteiger partial charge in [0.2, 0.25) is 5.91 Å². The van der Waals surface area contributed by atoms with Gasteiger partial charge in [0.05, 0.1) is 5.69 Å². The minimum Gasteiger partial charge on any atom is -0.445 e. The number of carbonyl (C=O) groups excluding carboxylic acids is 2. The molecule has 1 N–H and O–H groups in total. The van der Waals surface area contributed by atoms with Crippen molar-refractivity contribution in [3.63, 3.8) is 0 Å². The van der Waals surface area contributed by atoms with Gasteiger partial charge in [-0.15, -0.1) is 5.10 Å². The maximum atomic E-state index is 12.5. The van der Waals surface area contributed by atoms with Crippen LogP contribution >= 0.6 is 23.2 Å². The molecule has 1 aromatic carbocycles. The molecular formula is C20H25Cl2N5O3. The molecule has 1 aliphatic heterocycles. The predicted molar refractivity (Wildman–Crippen MR) is 113 cm³/mol. The van der Waals surface area contributed by atoms with E-state index in [9.17, 15) is 9.59 Å². The van der Waals surface area contributed by atoms with Gasteiger partial charge in [-0.2, -0.15) is 0 Å². The van der Waals surface area contributed by atoms with Crippen LogP contribution in [0.15, 0.2) is 24.4 Å². The summed E-state index contributed by atoms with van der Waals surface area (Å²) in [5.41, 5.74) is 1.60. The second-order valence-corrected chi connectivity index (χ2v) is 8.25. The van der Waals surface area contributed by atoms with Crippen molar-refractivity contribution in [2.45, 2.75) is 44.8 Å². The first kappa shape index (κ1) is 22.4. The highest BCUT2D eigenvalue weighted by Crippen LogP contribution is 2.21. The van der Waals surface area contributed by atoms with Gasteiger partial charge in [0.15, 0.2) is 0 Å². The maximum Gasteiger partial charge on any atom is 0.410 e. The summed E-state index contributed by atoms with van der Waals surface area (Å²) in [4.78, 5) is 28.3. The van der Waals surface area contributed by atoms with Crippen LogP contribution in [0.1, 0.15) is 36.9 Å². The van der Waals surface area contributed by atoms with E-state index < -0.39 is 0 Å². The quantitative estimate of drug-likeness (QED) is 0.689. The molecule has 3 rings (SSSR count). The maximum absolute atomic E-state index is 12.5. The largest absolute Gasteiger partial charge is 0.445 e. The lowest BCUT2D eigenvalue weighted by molar-refractivity contribution is -0.132. The average molecular weight is 454 g/mol. The fourth-order valence-corrected chi connectivity index (χ4v) is 4.09. The third-order valence-corrected chi connectivity index (χ3v) is 5.68. The van der Waals surface area contributed by atoms with E-state index in [1.54, 1.807) is 34.2 Å². The zero-order chi connectivity index (χ0) is 21.5. The SMILES string of the molecule is CN(C(=O)CCCc1c[nH]nn1)C1CCN(C(=O)OCc2cc(Cl)cc(Cl)c2)CC1. The third kappa shape index (κ3) is 6.34. The zero-order valence-corrected chi connectivity index (χ0v) is 18.3. The molecule has 1 fully saturated rings. The number of benzene rings is 1. The number of nitrogens with zero attached hydrogens (tertiary/aromatic N) is 4. The first-order chi connectivity index (χ1) is 14.4. The van der Waals surface area contributed by atoms with Crippen molar-refractivity contribution in [1.29, 1.82) is 0 Å². The van der Waals surface area contributed by atoms with E-state index in [1.165, 1.54) is 0 Å². The fourth-order valence-electron chi connectivity index (χ4n) is 3.51. The molecule has 0 aliphatic carbocycles. The molecular weight excluding hydrogens is 429 g/mol. The molecule has 162 valence electrons. The van der Waals surface area contributed by atoms with E-state index in [1.807, 2.05) is 7.05 Å². The molecule has 10 heteroatoms. The first-order valence-corrected chi connectivity index (χ1v) is 10.7. The third-order valence-electron chi connectivity index (χ3n) is 5.24. The number of halogens is 2. The lowest BCUT2D eigenvalue weighted by Gasteiger charge is -2.36. The Hall–Kier alpha value is -2.32. The molecule has 2 heterocycles. The van der Waals surface area contributed by atoms with E-state index >= 15 is 0 Å². The summed E-state index contributed by atoms with van der Waals surface area (Å²) in [6.07, 6.45) is 4.74. The van der Waals surface area contributed by atoms with Crippen LogP contribution in [-0.2, 0) is 22.6 Å². The summed E-state index contributed by atoms with van der Waals surface area (Å²) in [6, 6.07) is 5.19. The molecule has 1 aromatic heterocycles. The molecule has 0 unspecified atom stereocenters. The number of carbonyl (C=O) groups is 2. The number of aromatic nitrogens is 3. The molecule has 0 atom stereocenters. The molecule has 0 spiro atoms. The number of amides is 2. The van der Waals surface area contributed by atoms with E-state index in [-0.39, 0.29) is 24.6 Å². The monoisotopic (exact) mass is 453 g/mol. The molecule has 1 aliphatic rings. The van der Waals surface area contributed by atoms with Crippen molar-refractivity contribution in [3.05, 3.63) is 45.7 Å².